The van der Waals surface area contributed by atoms with Gasteiger partial charge in [-0.15, -0.1) is 11.3 Å². The zero-order chi connectivity index (χ0) is 15.1. The highest BCUT2D eigenvalue weighted by Gasteiger charge is 2.22. The molecular formula is C14H20N2O3S2. The summed E-state index contributed by atoms with van der Waals surface area (Å²) in [5.41, 5.74) is 0.804. The number of thiophene rings is 1. The van der Waals surface area contributed by atoms with Gasteiger partial charge in [-0.3, -0.25) is 0 Å². The number of aliphatic hydroxyl groups excluding tert-OH is 1. The average Bonchev–Trinajstić information content (AvgIpc) is 2.73. The first-order chi connectivity index (χ1) is 10.1. The second kappa shape index (κ2) is 7.92. The molecule has 2 N–H and O–H groups in total. The number of aliphatic hydroxyl groups is 1. The van der Waals surface area contributed by atoms with Crippen LogP contribution in [-0.4, -0.2) is 37.5 Å². The van der Waals surface area contributed by atoms with E-state index in [1.165, 1.54) is 11.3 Å². The van der Waals surface area contributed by atoms with Gasteiger partial charge < -0.3 is 5.11 Å². The van der Waals surface area contributed by atoms with Crippen molar-refractivity contribution in [3.05, 3.63) is 21.9 Å². The van der Waals surface area contributed by atoms with Gasteiger partial charge in [-0.1, -0.05) is 24.7 Å². The maximum absolute atomic E-state index is 12.2. The first-order valence-electron chi connectivity index (χ1n) is 7.04. The van der Waals surface area contributed by atoms with Gasteiger partial charge in [0.25, 0.3) is 10.2 Å². The van der Waals surface area contributed by atoms with Crippen molar-refractivity contribution in [2.24, 2.45) is 0 Å². The second-order valence-electron chi connectivity index (χ2n) is 4.90. The molecule has 0 amide bonds. The molecule has 0 bridgehead atoms. The summed E-state index contributed by atoms with van der Waals surface area (Å²) in [6.07, 6.45) is 4.06. The highest BCUT2D eigenvalue weighted by atomic mass is 32.2. The molecule has 2 rings (SSSR count). The highest BCUT2D eigenvalue weighted by Crippen LogP contribution is 2.16. The molecule has 1 fully saturated rings. The quantitative estimate of drug-likeness (QED) is 0.819. The summed E-state index contributed by atoms with van der Waals surface area (Å²) in [5.74, 6) is 5.38. The van der Waals surface area contributed by atoms with E-state index in [0.29, 0.717) is 13.1 Å². The van der Waals surface area contributed by atoms with Crippen molar-refractivity contribution >= 4 is 21.5 Å². The number of hydrogen-bond acceptors (Lipinski definition) is 4. The van der Waals surface area contributed by atoms with Crippen molar-refractivity contribution < 1.29 is 13.5 Å². The Kier molecular flexibility index (Phi) is 6.21. The topological polar surface area (TPSA) is 69.6 Å². The van der Waals surface area contributed by atoms with Gasteiger partial charge in [-0.25, -0.2) is 0 Å². The Morgan fingerprint density at radius 2 is 2.00 bits per heavy atom. The second-order valence-corrected chi connectivity index (χ2v) is 7.65. The normalized spacial score (nSPS) is 17.0. The predicted molar refractivity (Wildman–Crippen MR) is 84.1 cm³/mol. The molecule has 0 radical (unpaired) electrons. The Hall–Kier alpha value is -0.910. The van der Waals surface area contributed by atoms with E-state index in [1.807, 2.05) is 11.4 Å². The summed E-state index contributed by atoms with van der Waals surface area (Å²) in [5, 5.41) is 10.5. The van der Waals surface area contributed by atoms with Crippen LogP contribution in [0.2, 0.25) is 0 Å². The molecule has 1 aromatic heterocycles. The summed E-state index contributed by atoms with van der Waals surface area (Å²) in [6.45, 7) is 1.32. The maximum atomic E-state index is 12.2. The standard InChI is InChI=1S/C14H20N2O3S2/c17-9-5-6-13-10-14(20-12-13)11-15-21(18,19)16-7-3-1-2-4-8-16/h10,12,15,17H,1-4,7-9,11H2. The number of nitrogens with zero attached hydrogens (tertiary/aromatic N) is 1. The SMILES string of the molecule is O=S(=O)(NCc1cc(C#CCO)cs1)N1CCCCCC1. The zero-order valence-electron chi connectivity index (χ0n) is 11.8. The van der Waals surface area contributed by atoms with Gasteiger partial charge in [0, 0.05) is 35.5 Å². The van der Waals surface area contributed by atoms with Crippen molar-refractivity contribution in [3.63, 3.8) is 0 Å². The van der Waals surface area contributed by atoms with E-state index in [0.717, 1.165) is 36.1 Å². The fourth-order valence-electron chi connectivity index (χ4n) is 2.22. The Labute approximate surface area is 130 Å². The van der Waals surface area contributed by atoms with Crippen LogP contribution in [0.25, 0.3) is 0 Å². The number of nitrogens with one attached hydrogen (secondary N) is 1. The van der Waals surface area contributed by atoms with Gasteiger partial charge in [0.2, 0.25) is 0 Å². The van der Waals surface area contributed by atoms with Crippen LogP contribution >= 0.6 is 11.3 Å². The lowest BCUT2D eigenvalue weighted by atomic mass is 10.2. The summed E-state index contributed by atoms with van der Waals surface area (Å²) in [4.78, 5) is 0.913. The van der Waals surface area contributed by atoms with E-state index in [-0.39, 0.29) is 13.2 Å². The third-order valence-electron chi connectivity index (χ3n) is 3.30. The highest BCUT2D eigenvalue weighted by molar-refractivity contribution is 7.87. The zero-order valence-corrected chi connectivity index (χ0v) is 13.5. The molecule has 1 aromatic rings. The van der Waals surface area contributed by atoms with Crippen LogP contribution in [0.15, 0.2) is 11.4 Å². The molecule has 1 aliphatic heterocycles. The van der Waals surface area contributed by atoms with Crippen molar-refractivity contribution in [2.45, 2.75) is 32.2 Å². The van der Waals surface area contributed by atoms with Gasteiger partial charge in [0.15, 0.2) is 0 Å². The van der Waals surface area contributed by atoms with Crippen molar-refractivity contribution in [2.75, 3.05) is 19.7 Å². The van der Waals surface area contributed by atoms with E-state index in [9.17, 15) is 8.42 Å². The average molecular weight is 328 g/mol. The molecule has 5 nitrogen and oxygen atoms in total. The molecular weight excluding hydrogens is 308 g/mol. The molecule has 7 heteroatoms. The largest absolute Gasteiger partial charge is 0.384 e. The maximum Gasteiger partial charge on any atom is 0.279 e. The van der Waals surface area contributed by atoms with Crippen LogP contribution in [0.3, 0.4) is 0 Å². The van der Waals surface area contributed by atoms with Gasteiger partial charge >= 0.3 is 0 Å². The lowest BCUT2D eigenvalue weighted by Gasteiger charge is -2.19. The van der Waals surface area contributed by atoms with Gasteiger partial charge in [-0.05, 0) is 18.9 Å². The Bertz CT molecular complexity index is 606. The minimum atomic E-state index is -3.40. The fraction of sp³-hybridized carbons (Fsp3) is 0.571. The van der Waals surface area contributed by atoms with Gasteiger partial charge in [0.1, 0.15) is 6.61 Å². The van der Waals surface area contributed by atoms with Crippen LogP contribution in [-0.2, 0) is 16.8 Å². The Morgan fingerprint density at radius 3 is 2.67 bits per heavy atom. The molecule has 0 aliphatic carbocycles. The third-order valence-corrected chi connectivity index (χ3v) is 5.79. The molecule has 0 atom stereocenters. The van der Waals surface area contributed by atoms with Crippen LogP contribution in [0.5, 0.6) is 0 Å². The fourth-order valence-corrected chi connectivity index (χ4v) is 4.32. The first-order valence-corrected chi connectivity index (χ1v) is 9.35. The molecule has 0 saturated carbocycles. The van der Waals surface area contributed by atoms with E-state index in [1.54, 1.807) is 4.31 Å². The minimum Gasteiger partial charge on any atom is -0.384 e. The Morgan fingerprint density at radius 1 is 1.29 bits per heavy atom. The molecule has 21 heavy (non-hydrogen) atoms. The van der Waals surface area contributed by atoms with Gasteiger partial charge in [-0.2, -0.15) is 17.4 Å². The van der Waals surface area contributed by atoms with E-state index >= 15 is 0 Å². The van der Waals surface area contributed by atoms with E-state index < -0.39 is 10.2 Å². The number of hydrogen-bond donors (Lipinski definition) is 2. The minimum absolute atomic E-state index is 0.174. The van der Waals surface area contributed by atoms with Crippen LogP contribution in [0.1, 0.15) is 36.1 Å². The van der Waals surface area contributed by atoms with Crippen molar-refractivity contribution in [1.82, 2.24) is 9.03 Å². The van der Waals surface area contributed by atoms with Crippen LogP contribution in [0, 0.1) is 11.8 Å². The van der Waals surface area contributed by atoms with Crippen molar-refractivity contribution in [1.29, 1.82) is 0 Å². The molecule has 2 heterocycles. The monoisotopic (exact) mass is 328 g/mol. The van der Waals surface area contributed by atoms with E-state index in [4.69, 9.17) is 5.11 Å². The summed E-state index contributed by atoms with van der Waals surface area (Å²) in [6, 6.07) is 1.85. The first kappa shape index (κ1) is 16.5. The summed E-state index contributed by atoms with van der Waals surface area (Å²) >= 11 is 1.46. The summed E-state index contributed by atoms with van der Waals surface area (Å²) in [7, 11) is -3.40. The van der Waals surface area contributed by atoms with Crippen molar-refractivity contribution in [3.8, 4) is 11.8 Å². The number of rotatable bonds is 4. The van der Waals surface area contributed by atoms with Crippen LogP contribution in [0.4, 0.5) is 0 Å². The third kappa shape index (κ3) is 5.09. The molecule has 1 aliphatic rings. The molecule has 1 saturated heterocycles. The lowest BCUT2D eigenvalue weighted by Crippen LogP contribution is -2.40. The van der Waals surface area contributed by atoms with Gasteiger partial charge in [0.05, 0.1) is 0 Å². The predicted octanol–water partition coefficient (Wildman–Crippen LogP) is 1.30. The smallest absolute Gasteiger partial charge is 0.279 e. The van der Waals surface area contributed by atoms with Crippen LogP contribution < -0.4 is 4.72 Å². The molecule has 116 valence electrons. The lowest BCUT2D eigenvalue weighted by molar-refractivity contribution is 0.350. The molecule has 0 spiro atoms. The molecule has 0 unspecified atom stereocenters. The summed E-state index contributed by atoms with van der Waals surface area (Å²) < 4.78 is 28.7. The van der Waals surface area contributed by atoms with E-state index in [2.05, 4.69) is 16.6 Å². The molecule has 0 aromatic carbocycles. The Balaban J connectivity index is 1.93.